The highest BCUT2D eigenvalue weighted by atomic mass is 19.1. The smallest absolute Gasteiger partial charge is 0.151 e. The number of halogens is 3. The third-order valence-electron chi connectivity index (χ3n) is 5.34. The van der Waals surface area contributed by atoms with Gasteiger partial charge in [0.1, 0.15) is 23.3 Å². The number of aryl methyl sites for hydroxylation is 1. The van der Waals surface area contributed by atoms with Crippen LogP contribution in [-0.2, 0) is 6.42 Å². The molecule has 0 N–H and O–H groups in total. The van der Waals surface area contributed by atoms with Crippen LogP contribution in [0.15, 0.2) is 79.4 Å². The van der Waals surface area contributed by atoms with E-state index >= 15 is 0 Å². The van der Waals surface area contributed by atoms with Gasteiger partial charge in [-0.3, -0.25) is 0 Å². The fourth-order valence-corrected chi connectivity index (χ4v) is 3.66. The molecule has 0 saturated heterocycles. The largest absolute Gasteiger partial charge is 0.206 e. The number of fused-ring (bicyclic) bond motifs is 1. The second-order valence-electron chi connectivity index (χ2n) is 7.31. The highest BCUT2D eigenvalue weighted by molar-refractivity contribution is 5.89. The monoisotopic (exact) mass is 413 g/mol. The van der Waals surface area contributed by atoms with E-state index in [0.29, 0.717) is 11.1 Å². The fraction of sp³-hybridized carbons (Fsp3) is 0.0741. The minimum Gasteiger partial charge on any atom is -0.206 e. The number of rotatable bonds is 5. The van der Waals surface area contributed by atoms with Crippen LogP contribution in [0.4, 0.5) is 13.2 Å². The van der Waals surface area contributed by atoms with Crippen molar-refractivity contribution >= 4 is 10.8 Å². The summed E-state index contributed by atoms with van der Waals surface area (Å²) in [5.74, 6) is -2.27. The molecule has 0 amide bonds. The molecule has 0 atom stereocenters. The highest BCUT2D eigenvalue weighted by Gasteiger charge is 2.15. The van der Waals surface area contributed by atoms with Gasteiger partial charge in [-0.2, -0.15) is 5.26 Å². The number of nitrogens with zero attached hydrogens (tertiary/aromatic N) is 1. The van der Waals surface area contributed by atoms with Crippen LogP contribution < -0.4 is 0 Å². The molecular formula is C27H18F3N. The molecule has 0 aliphatic carbocycles. The van der Waals surface area contributed by atoms with E-state index in [1.807, 2.05) is 36.4 Å². The lowest BCUT2D eigenvalue weighted by atomic mass is 9.96. The van der Waals surface area contributed by atoms with Crippen LogP contribution in [0.5, 0.6) is 0 Å². The molecule has 4 aromatic rings. The third kappa shape index (κ3) is 3.95. The van der Waals surface area contributed by atoms with Gasteiger partial charge in [0.15, 0.2) is 5.82 Å². The summed E-state index contributed by atoms with van der Waals surface area (Å²) in [6.07, 6.45) is 3.69. The molecule has 0 saturated carbocycles. The van der Waals surface area contributed by atoms with Gasteiger partial charge in [-0.05, 0) is 58.7 Å². The molecule has 4 rings (SSSR count). The summed E-state index contributed by atoms with van der Waals surface area (Å²) in [6, 6.07) is 20.1. The van der Waals surface area contributed by atoms with E-state index in [0.717, 1.165) is 30.0 Å². The van der Waals surface area contributed by atoms with Gasteiger partial charge in [0.05, 0.1) is 0 Å². The average Bonchev–Trinajstić information content (AvgIpc) is 2.78. The Kier molecular flexibility index (Phi) is 5.60. The molecule has 0 heterocycles. The zero-order chi connectivity index (χ0) is 22.0. The maximum Gasteiger partial charge on any atom is 0.151 e. The first-order valence-electron chi connectivity index (χ1n) is 9.84. The lowest BCUT2D eigenvalue weighted by Crippen LogP contribution is -1.93. The Balaban J connectivity index is 1.69. The molecule has 0 aliphatic rings. The Bertz CT molecular complexity index is 1330. The number of benzene rings is 4. The minimum absolute atomic E-state index is 0.121. The number of hydrogen-bond donors (Lipinski definition) is 0. The Morgan fingerprint density at radius 1 is 0.806 bits per heavy atom. The summed E-state index contributed by atoms with van der Waals surface area (Å²) >= 11 is 0. The van der Waals surface area contributed by atoms with Crippen molar-refractivity contribution in [2.45, 2.75) is 12.8 Å². The van der Waals surface area contributed by atoms with Crippen molar-refractivity contribution in [1.82, 2.24) is 0 Å². The summed E-state index contributed by atoms with van der Waals surface area (Å²) in [7, 11) is 0. The van der Waals surface area contributed by atoms with Gasteiger partial charge in [-0.15, -0.1) is 6.58 Å². The van der Waals surface area contributed by atoms with Gasteiger partial charge in [-0.1, -0.05) is 54.6 Å². The van der Waals surface area contributed by atoms with Crippen LogP contribution in [0.25, 0.3) is 33.0 Å². The SMILES string of the molecule is C=CCCc1ccc(-c2ccc(-c3ccc4c(F)c(C#N)c(F)cc4c3)c(F)c2)cc1. The summed E-state index contributed by atoms with van der Waals surface area (Å²) < 4.78 is 43.3. The molecule has 0 unspecified atom stereocenters. The second-order valence-corrected chi connectivity index (χ2v) is 7.31. The second kappa shape index (κ2) is 8.49. The molecule has 152 valence electrons. The first kappa shape index (κ1) is 20.4. The van der Waals surface area contributed by atoms with Crippen LogP contribution >= 0.6 is 0 Å². The van der Waals surface area contributed by atoms with E-state index in [4.69, 9.17) is 5.26 Å². The van der Waals surface area contributed by atoms with Gasteiger partial charge in [0, 0.05) is 10.9 Å². The number of hydrogen-bond acceptors (Lipinski definition) is 1. The summed E-state index contributed by atoms with van der Waals surface area (Å²) in [5, 5.41) is 9.31. The van der Waals surface area contributed by atoms with Gasteiger partial charge < -0.3 is 0 Å². The molecule has 4 aromatic carbocycles. The normalized spacial score (nSPS) is 10.8. The van der Waals surface area contributed by atoms with Crippen LogP contribution in [0, 0.1) is 28.8 Å². The first-order chi connectivity index (χ1) is 15.0. The topological polar surface area (TPSA) is 23.8 Å². The van der Waals surface area contributed by atoms with Crippen LogP contribution in [0.2, 0.25) is 0 Å². The van der Waals surface area contributed by atoms with E-state index in [1.165, 1.54) is 29.8 Å². The molecule has 0 aromatic heterocycles. The number of nitriles is 1. The van der Waals surface area contributed by atoms with Crippen molar-refractivity contribution in [3.63, 3.8) is 0 Å². The standard InChI is InChI=1S/C27H18F3N/c1-2-3-4-17-5-7-18(8-6-17)19-9-11-22(25(28)14-19)20-10-12-23-21(13-20)15-26(29)24(16-31)27(23)30/h2,5-15H,1,3-4H2. The molecule has 4 heteroatoms. The zero-order valence-electron chi connectivity index (χ0n) is 16.6. The van der Waals surface area contributed by atoms with Crippen LogP contribution in [0.3, 0.4) is 0 Å². The van der Waals surface area contributed by atoms with Crippen molar-refractivity contribution in [2.24, 2.45) is 0 Å². The van der Waals surface area contributed by atoms with E-state index in [-0.39, 0.29) is 10.8 Å². The maximum atomic E-state index is 14.9. The fourth-order valence-electron chi connectivity index (χ4n) is 3.66. The van der Waals surface area contributed by atoms with E-state index < -0.39 is 23.0 Å². The van der Waals surface area contributed by atoms with Crippen molar-refractivity contribution in [3.8, 4) is 28.3 Å². The minimum atomic E-state index is -0.933. The zero-order valence-corrected chi connectivity index (χ0v) is 16.6. The Labute approximate surface area is 178 Å². The summed E-state index contributed by atoms with van der Waals surface area (Å²) in [4.78, 5) is 0. The van der Waals surface area contributed by atoms with Crippen LogP contribution in [-0.4, -0.2) is 0 Å². The van der Waals surface area contributed by atoms with Crippen molar-refractivity contribution in [2.75, 3.05) is 0 Å². The highest BCUT2D eigenvalue weighted by Crippen LogP contribution is 2.32. The molecule has 0 fully saturated rings. The third-order valence-corrected chi connectivity index (χ3v) is 5.34. The molecule has 0 radical (unpaired) electrons. The molecule has 0 bridgehead atoms. The maximum absolute atomic E-state index is 14.9. The Morgan fingerprint density at radius 3 is 2.19 bits per heavy atom. The predicted molar refractivity (Wildman–Crippen MR) is 118 cm³/mol. The lowest BCUT2D eigenvalue weighted by molar-refractivity contribution is 0.585. The molecule has 31 heavy (non-hydrogen) atoms. The molecular weight excluding hydrogens is 395 g/mol. The van der Waals surface area contributed by atoms with E-state index in [9.17, 15) is 13.2 Å². The molecule has 0 aliphatic heterocycles. The Hall–Kier alpha value is -3.84. The first-order valence-corrected chi connectivity index (χ1v) is 9.84. The predicted octanol–water partition coefficient (Wildman–Crippen LogP) is 7.58. The van der Waals surface area contributed by atoms with Crippen molar-refractivity contribution in [1.29, 1.82) is 5.26 Å². The van der Waals surface area contributed by atoms with E-state index in [2.05, 4.69) is 6.58 Å². The summed E-state index contributed by atoms with van der Waals surface area (Å²) in [6.45, 7) is 3.73. The molecule has 0 spiro atoms. The van der Waals surface area contributed by atoms with E-state index in [1.54, 1.807) is 12.1 Å². The molecule has 1 nitrogen and oxygen atoms in total. The number of allylic oxidation sites excluding steroid dienone is 1. The van der Waals surface area contributed by atoms with Crippen molar-refractivity contribution < 1.29 is 13.2 Å². The lowest BCUT2D eigenvalue weighted by Gasteiger charge is -2.10. The van der Waals surface area contributed by atoms with Gasteiger partial charge in [0.25, 0.3) is 0 Å². The van der Waals surface area contributed by atoms with Gasteiger partial charge in [-0.25, -0.2) is 13.2 Å². The quantitative estimate of drug-likeness (QED) is 0.309. The van der Waals surface area contributed by atoms with Crippen LogP contribution in [0.1, 0.15) is 17.5 Å². The average molecular weight is 413 g/mol. The van der Waals surface area contributed by atoms with Gasteiger partial charge >= 0.3 is 0 Å². The Morgan fingerprint density at radius 2 is 1.52 bits per heavy atom. The van der Waals surface area contributed by atoms with Gasteiger partial charge in [0.2, 0.25) is 0 Å². The summed E-state index contributed by atoms with van der Waals surface area (Å²) in [5.41, 5.74) is 3.05. The van der Waals surface area contributed by atoms with Crippen molar-refractivity contribution in [3.05, 3.63) is 108 Å².